The van der Waals surface area contributed by atoms with Crippen LogP contribution in [0.5, 0.6) is 0 Å². The Kier molecular flexibility index (Phi) is 11.7. The van der Waals surface area contributed by atoms with Crippen LogP contribution in [0.2, 0.25) is 0 Å². The Hall–Kier alpha value is -3.50. The molecule has 1 atom stereocenters. The van der Waals surface area contributed by atoms with Gasteiger partial charge in [0.15, 0.2) is 0 Å². The minimum Gasteiger partial charge on any atom is -0.465 e. The normalized spacial score (nSPS) is 18.3. The first-order chi connectivity index (χ1) is 21.0. The van der Waals surface area contributed by atoms with Gasteiger partial charge in [0.25, 0.3) is 6.43 Å². The van der Waals surface area contributed by atoms with Crippen LogP contribution in [0.25, 0.3) is 11.3 Å². The lowest BCUT2D eigenvalue weighted by Gasteiger charge is -2.37. The number of hydrogen-bond acceptors (Lipinski definition) is 8. The second-order valence-electron chi connectivity index (χ2n) is 12.3. The van der Waals surface area contributed by atoms with E-state index in [1.807, 2.05) is 31.2 Å². The molecular weight excluding hydrogens is 564 g/mol. The smallest absolute Gasteiger partial charge is 0.308 e. The number of carbonyl (C=O) groups excluding carboxylic acids is 1. The van der Waals surface area contributed by atoms with Gasteiger partial charge in [-0.15, -0.1) is 0 Å². The molecule has 44 heavy (non-hydrogen) atoms. The zero-order chi connectivity index (χ0) is 31.7. The third kappa shape index (κ3) is 9.25. The first-order valence-electron chi connectivity index (χ1n) is 15.5. The highest BCUT2D eigenvalue weighted by molar-refractivity contribution is 5.72. The van der Waals surface area contributed by atoms with Gasteiger partial charge in [0, 0.05) is 23.5 Å². The summed E-state index contributed by atoms with van der Waals surface area (Å²) in [6.07, 6.45) is 7.52. The lowest BCUT2D eigenvalue weighted by atomic mass is 9.73. The number of rotatable bonds is 14. The van der Waals surface area contributed by atoms with Gasteiger partial charge in [-0.25, -0.2) is 18.7 Å². The molecule has 1 aliphatic rings. The van der Waals surface area contributed by atoms with Crippen molar-refractivity contribution in [2.75, 3.05) is 32.6 Å². The number of esters is 1. The number of alkyl halides is 2. The number of nitrogens with zero attached hydrogens (tertiary/aromatic N) is 4. The maximum atomic E-state index is 13.1. The molecule has 0 unspecified atom stereocenters. The van der Waals surface area contributed by atoms with Crippen LogP contribution in [0.3, 0.4) is 0 Å². The number of halogens is 2. The second kappa shape index (κ2) is 15.5. The van der Waals surface area contributed by atoms with Crippen LogP contribution in [-0.4, -0.2) is 58.2 Å². The highest BCUT2D eigenvalue weighted by atomic mass is 19.3. The first kappa shape index (κ1) is 33.4. The number of ether oxygens (including phenoxy) is 1. The van der Waals surface area contributed by atoms with E-state index in [1.54, 1.807) is 13.1 Å². The van der Waals surface area contributed by atoms with Crippen molar-refractivity contribution in [2.45, 2.75) is 77.2 Å². The van der Waals surface area contributed by atoms with E-state index in [0.29, 0.717) is 36.7 Å². The minimum absolute atomic E-state index is 0.0222. The minimum atomic E-state index is -2.59. The molecule has 0 spiro atoms. The molecule has 10 heteroatoms. The Labute approximate surface area is 259 Å². The molecule has 0 amide bonds. The van der Waals surface area contributed by atoms with E-state index in [4.69, 9.17) is 4.74 Å². The number of hydrogen-bond donors (Lipinski definition) is 2. The molecule has 0 bridgehead atoms. The van der Waals surface area contributed by atoms with Gasteiger partial charge < -0.3 is 20.1 Å². The molecule has 0 aliphatic heterocycles. The number of aryl methyl sites for hydroxylation is 1. The fraction of sp³-hybridized carbons (Fsp3) is 0.529. The monoisotopic (exact) mass is 609 g/mol. The molecular formula is C34H45F2N5O3. The quantitative estimate of drug-likeness (QED) is 0.146. The summed E-state index contributed by atoms with van der Waals surface area (Å²) in [6.45, 7) is 5.27. The SMILES string of the molecule is Cc1cc(Nc2cc(C(F)F)ccn2)nc(-c2ccc([C@](C)(O)[C@H]3CC[C@H](C(=O)OCCCCCCN(C)C)CC3)nc2)c1. The van der Waals surface area contributed by atoms with E-state index in [1.165, 1.54) is 18.3 Å². The molecule has 8 nitrogen and oxygen atoms in total. The van der Waals surface area contributed by atoms with Gasteiger partial charge in [-0.2, -0.15) is 0 Å². The fourth-order valence-corrected chi connectivity index (χ4v) is 5.78. The van der Waals surface area contributed by atoms with Crippen molar-refractivity contribution in [1.82, 2.24) is 19.9 Å². The highest BCUT2D eigenvalue weighted by Gasteiger charge is 2.39. The second-order valence-corrected chi connectivity index (χ2v) is 12.3. The molecule has 1 saturated carbocycles. The van der Waals surface area contributed by atoms with Gasteiger partial charge >= 0.3 is 5.97 Å². The van der Waals surface area contributed by atoms with Crippen molar-refractivity contribution in [1.29, 1.82) is 0 Å². The van der Waals surface area contributed by atoms with Gasteiger partial charge in [-0.05, 0) is 121 Å². The lowest BCUT2D eigenvalue weighted by Crippen LogP contribution is -2.37. The van der Waals surface area contributed by atoms with Gasteiger partial charge in [0.1, 0.15) is 17.2 Å². The third-order valence-electron chi connectivity index (χ3n) is 8.44. The topological polar surface area (TPSA) is 100 Å². The van der Waals surface area contributed by atoms with Gasteiger partial charge in [0.05, 0.1) is 23.9 Å². The van der Waals surface area contributed by atoms with Crippen LogP contribution >= 0.6 is 0 Å². The summed E-state index contributed by atoms with van der Waals surface area (Å²) in [5.41, 5.74) is 1.65. The number of unbranched alkanes of at least 4 members (excludes halogenated alkanes) is 3. The van der Waals surface area contributed by atoms with Crippen LogP contribution in [-0.2, 0) is 15.1 Å². The Bertz CT molecular complexity index is 1360. The van der Waals surface area contributed by atoms with E-state index in [0.717, 1.165) is 56.2 Å². The summed E-state index contributed by atoms with van der Waals surface area (Å²) in [7, 11) is 4.15. The third-order valence-corrected chi connectivity index (χ3v) is 8.44. The largest absolute Gasteiger partial charge is 0.465 e. The standard InChI is InChI=1S/C34H45F2N5O3/c1-23-19-28(39-31(20-23)40-30-21-25(32(35)36)15-16-37-30)26-11-14-29(38-22-26)34(2,43)27-12-9-24(10-13-27)33(42)44-18-8-6-5-7-17-41(3)4/h11,14-16,19-22,24,27,32,43H,5-10,12-13,17-18H2,1-4H3,(H,37,39,40)/t24-,27-,34-/m1/s1. The number of nitrogens with one attached hydrogen (secondary N) is 1. The van der Waals surface area contributed by atoms with Crippen LogP contribution in [0.1, 0.15) is 81.5 Å². The summed E-state index contributed by atoms with van der Waals surface area (Å²) in [6, 6.07) is 10.0. The van der Waals surface area contributed by atoms with Crippen LogP contribution in [0, 0.1) is 18.8 Å². The maximum absolute atomic E-state index is 13.1. The zero-order valence-electron chi connectivity index (χ0n) is 26.2. The highest BCUT2D eigenvalue weighted by Crippen LogP contribution is 2.41. The van der Waals surface area contributed by atoms with E-state index in [9.17, 15) is 18.7 Å². The van der Waals surface area contributed by atoms with Crippen molar-refractivity contribution in [3.05, 3.63) is 65.6 Å². The molecule has 3 aromatic heterocycles. The number of carbonyl (C=O) groups is 1. The summed E-state index contributed by atoms with van der Waals surface area (Å²) in [4.78, 5) is 28.2. The van der Waals surface area contributed by atoms with Crippen molar-refractivity contribution in [2.24, 2.45) is 11.8 Å². The summed E-state index contributed by atoms with van der Waals surface area (Å²) < 4.78 is 31.8. The number of pyridine rings is 3. The predicted molar refractivity (Wildman–Crippen MR) is 168 cm³/mol. The molecule has 238 valence electrons. The van der Waals surface area contributed by atoms with E-state index >= 15 is 0 Å². The molecule has 1 fully saturated rings. The van der Waals surface area contributed by atoms with Crippen LogP contribution in [0.4, 0.5) is 20.4 Å². The summed E-state index contributed by atoms with van der Waals surface area (Å²) >= 11 is 0. The van der Waals surface area contributed by atoms with Gasteiger partial charge in [-0.3, -0.25) is 9.78 Å². The maximum Gasteiger partial charge on any atom is 0.308 e. The Morgan fingerprint density at radius 3 is 2.48 bits per heavy atom. The molecule has 3 aromatic rings. The molecule has 3 heterocycles. The van der Waals surface area contributed by atoms with Crippen molar-refractivity contribution in [3.63, 3.8) is 0 Å². The van der Waals surface area contributed by atoms with Crippen molar-refractivity contribution >= 4 is 17.6 Å². The Morgan fingerprint density at radius 2 is 1.80 bits per heavy atom. The molecule has 4 rings (SSSR count). The van der Waals surface area contributed by atoms with E-state index in [2.05, 4.69) is 39.3 Å². The average Bonchev–Trinajstić information content (AvgIpc) is 3.00. The van der Waals surface area contributed by atoms with E-state index in [-0.39, 0.29) is 29.2 Å². The first-order valence-corrected chi connectivity index (χ1v) is 15.5. The summed E-state index contributed by atoms with van der Waals surface area (Å²) in [5.74, 6) is 0.507. The molecule has 0 saturated heterocycles. The van der Waals surface area contributed by atoms with Crippen LogP contribution in [0.15, 0.2) is 48.8 Å². The van der Waals surface area contributed by atoms with Gasteiger partial charge in [-0.1, -0.05) is 12.8 Å². The average molecular weight is 610 g/mol. The fourth-order valence-electron chi connectivity index (χ4n) is 5.78. The lowest BCUT2D eigenvalue weighted by molar-refractivity contribution is -0.151. The number of aromatic nitrogens is 3. The zero-order valence-corrected chi connectivity index (χ0v) is 26.2. The van der Waals surface area contributed by atoms with E-state index < -0.39 is 12.0 Å². The molecule has 2 N–H and O–H groups in total. The Balaban J connectivity index is 1.31. The van der Waals surface area contributed by atoms with Gasteiger partial charge in [0.2, 0.25) is 0 Å². The number of aliphatic hydroxyl groups is 1. The van der Waals surface area contributed by atoms with Crippen molar-refractivity contribution < 1.29 is 23.4 Å². The Morgan fingerprint density at radius 1 is 1.05 bits per heavy atom. The molecule has 0 aromatic carbocycles. The molecule has 0 radical (unpaired) electrons. The molecule has 1 aliphatic carbocycles. The predicted octanol–water partition coefficient (Wildman–Crippen LogP) is 7.21. The number of anilines is 2. The van der Waals surface area contributed by atoms with Crippen molar-refractivity contribution in [3.8, 4) is 11.3 Å². The van der Waals surface area contributed by atoms with Crippen LogP contribution < -0.4 is 5.32 Å². The summed E-state index contributed by atoms with van der Waals surface area (Å²) in [5, 5.41) is 14.5.